The summed E-state index contributed by atoms with van der Waals surface area (Å²) < 4.78 is 37.6. The molecule has 25 heavy (non-hydrogen) atoms. The largest absolute Gasteiger partial charge is 0.417 e. The van der Waals surface area contributed by atoms with Crippen molar-refractivity contribution in [3.8, 4) is 6.07 Å². The molecule has 2 aliphatic rings. The van der Waals surface area contributed by atoms with Crippen molar-refractivity contribution >= 4 is 11.7 Å². The molecule has 3 atom stereocenters. The van der Waals surface area contributed by atoms with E-state index in [0.717, 1.165) is 18.7 Å². The zero-order valence-electron chi connectivity index (χ0n) is 13.4. The van der Waals surface area contributed by atoms with Crippen LogP contribution in [0.5, 0.6) is 0 Å². The smallest absolute Gasteiger partial charge is 0.366 e. The first-order valence-electron chi connectivity index (χ1n) is 8.12. The van der Waals surface area contributed by atoms with Gasteiger partial charge in [-0.3, -0.25) is 4.79 Å². The highest BCUT2D eigenvalue weighted by Crippen LogP contribution is 2.29. The van der Waals surface area contributed by atoms with Crippen LogP contribution in [0.2, 0.25) is 0 Å². The number of alkyl halides is 3. The summed E-state index contributed by atoms with van der Waals surface area (Å²) >= 11 is 0. The summed E-state index contributed by atoms with van der Waals surface area (Å²) in [5.74, 6) is 0.248. The molecule has 0 radical (unpaired) electrons. The van der Waals surface area contributed by atoms with Gasteiger partial charge in [-0.05, 0) is 31.4 Å². The highest BCUT2D eigenvalue weighted by molar-refractivity contribution is 5.83. The third-order valence-corrected chi connectivity index (χ3v) is 4.56. The van der Waals surface area contributed by atoms with Gasteiger partial charge in [-0.15, -0.1) is 0 Å². The van der Waals surface area contributed by atoms with Gasteiger partial charge in [0.15, 0.2) is 0 Å². The Hall–Kier alpha value is -2.34. The Bertz CT molecular complexity index is 670. The molecule has 0 bridgehead atoms. The van der Waals surface area contributed by atoms with Crippen LogP contribution in [0.1, 0.15) is 24.8 Å². The Labute approximate surface area is 143 Å². The average molecular weight is 353 g/mol. The predicted octanol–water partition coefficient (Wildman–Crippen LogP) is 1.76. The molecule has 1 amide bonds. The second-order valence-electron chi connectivity index (χ2n) is 6.29. The first-order chi connectivity index (χ1) is 11.9. The number of rotatable bonds is 3. The molecule has 2 saturated heterocycles. The first-order valence-corrected chi connectivity index (χ1v) is 8.12. The molecule has 0 spiro atoms. The van der Waals surface area contributed by atoms with Crippen LogP contribution in [-0.4, -0.2) is 47.0 Å². The summed E-state index contributed by atoms with van der Waals surface area (Å²) in [6, 6.07) is 3.54. The van der Waals surface area contributed by atoms with Crippen molar-refractivity contribution in [1.82, 2.24) is 15.2 Å². The molecule has 0 saturated carbocycles. The summed E-state index contributed by atoms with van der Waals surface area (Å²) in [5.41, 5.74) is -0.799. The van der Waals surface area contributed by atoms with E-state index in [-0.39, 0.29) is 24.0 Å². The van der Waals surface area contributed by atoms with E-state index in [4.69, 9.17) is 5.26 Å². The molecule has 6 nitrogen and oxygen atoms in total. The summed E-state index contributed by atoms with van der Waals surface area (Å²) in [5, 5.41) is 15.2. The molecule has 9 heteroatoms. The quantitative estimate of drug-likeness (QED) is 0.865. The number of likely N-dealkylation sites (tertiary alicyclic amines) is 1. The van der Waals surface area contributed by atoms with Gasteiger partial charge in [-0.25, -0.2) is 4.98 Å². The Morgan fingerprint density at radius 2 is 2.24 bits per heavy atom. The first kappa shape index (κ1) is 17.5. The second-order valence-corrected chi connectivity index (χ2v) is 6.29. The fraction of sp³-hybridized carbons (Fsp3) is 0.562. The number of pyridine rings is 1. The van der Waals surface area contributed by atoms with Crippen molar-refractivity contribution in [1.29, 1.82) is 5.26 Å². The number of nitrogens with zero attached hydrogens (tertiary/aromatic N) is 3. The third-order valence-electron chi connectivity index (χ3n) is 4.56. The Kier molecular flexibility index (Phi) is 4.81. The third kappa shape index (κ3) is 3.85. The molecule has 1 unspecified atom stereocenters. The van der Waals surface area contributed by atoms with Gasteiger partial charge in [0.2, 0.25) is 5.91 Å². The maximum Gasteiger partial charge on any atom is 0.417 e. The van der Waals surface area contributed by atoms with Crippen LogP contribution in [0, 0.1) is 11.3 Å². The number of nitrogens with one attached hydrogen (secondary N) is 2. The normalized spacial score (nSPS) is 26.5. The zero-order chi connectivity index (χ0) is 18.0. The molecule has 1 aromatic rings. The maximum absolute atomic E-state index is 12.5. The van der Waals surface area contributed by atoms with Crippen molar-refractivity contribution in [2.75, 3.05) is 18.4 Å². The van der Waals surface area contributed by atoms with Gasteiger partial charge in [-0.2, -0.15) is 18.4 Å². The molecule has 0 aliphatic carbocycles. The number of carbonyl (C=O) groups is 1. The van der Waals surface area contributed by atoms with Crippen LogP contribution in [0.15, 0.2) is 18.3 Å². The van der Waals surface area contributed by atoms with Gasteiger partial charge in [0, 0.05) is 25.3 Å². The fourth-order valence-corrected chi connectivity index (χ4v) is 3.25. The minimum Gasteiger partial charge on any atom is -0.366 e. The average Bonchev–Trinajstić information content (AvgIpc) is 3.23. The molecule has 3 heterocycles. The van der Waals surface area contributed by atoms with Crippen molar-refractivity contribution < 1.29 is 18.0 Å². The summed E-state index contributed by atoms with van der Waals surface area (Å²) in [6.07, 6.45) is -1.60. The lowest BCUT2D eigenvalue weighted by Crippen LogP contribution is -2.45. The lowest BCUT2D eigenvalue weighted by molar-refractivity contribution is -0.137. The summed E-state index contributed by atoms with van der Waals surface area (Å²) in [7, 11) is 0. The Morgan fingerprint density at radius 1 is 1.44 bits per heavy atom. The van der Waals surface area contributed by atoms with Gasteiger partial charge < -0.3 is 15.5 Å². The van der Waals surface area contributed by atoms with E-state index >= 15 is 0 Å². The number of anilines is 1. The van der Waals surface area contributed by atoms with E-state index in [1.807, 2.05) is 0 Å². The SMILES string of the molecule is N#CC1CCCN1C(=O)[C@@H]1C[C@H](Nc2ccc(C(F)(F)F)cn2)CN1. The van der Waals surface area contributed by atoms with Gasteiger partial charge in [0.05, 0.1) is 17.7 Å². The van der Waals surface area contributed by atoms with Crippen LogP contribution < -0.4 is 10.6 Å². The lowest BCUT2D eigenvalue weighted by Gasteiger charge is -2.23. The van der Waals surface area contributed by atoms with E-state index in [1.54, 1.807) is 4.90 Å². The lowest BCUT2D eigenvalue weighted by atomic mass is 10.1. The van der Waals surface area contributed by atoms with E-state index in [2.05, 4.69) is 21.7 Å². The minimum atomic E-state index is -4.41. The fourth-order valence-electron chi connectivity index (χ4n) is 3.25. The van der Waals surface area contributed by atoms with E-state index < -0.39 is 11.7 Å². The van der Waals surface area contributed by atoms with Gasteiger partial charge in [0.1, 0.15) is 11.9 Å². The number of hydrogen-bond donors (Lipinski definition) is 2. The van der Waals surface area contributed by atoms with Crippen LogP contribution in [0.4, 0.5) is 19.0 Å². The molecule has 2 aliphatic heterocycles. The van der Waals surface area contributed by atoms with E-state index in [9.17, 15) is 18.0 Å². The Balaban J connectivity index is 1.56. The predicted molar refractivity (Wildman–Crippen MR) is 83.4 cm³/mol. The Morgan fingerprint density at radius 3 is 2.88 bits per heavy atom. The molecule has 0 aromatic carbocycles. The van der Waals surface area contributed by atoms with Crippen LogP contribution >= 0.6 is 0 Å². The number of carbonyl (C=O) groups excluding carboxylic acids is 1. The number of hydrogen-bond acceptors (Lipinski definition) is 5. The topological polar surface area (TPSA) is 81.1 Å². The van der Waals surface area contributed by atoms with Crippen LogP contribution in [-0.2, 0) is 11.0 Å². The maximum atomic E-state index is 12.5. The molecule has 2 N–H and O–H groups in total. The minimum absolute atomic E-state index is 0.0891. The van der Waals surface area contributed by atoms with Crippen molar-refractivity contribution in [2.24, 2.45) is 0 Å². The van der Waals surface area contributed by atoms with Crippen molar-refractivity contribution in [3.05, 3.63) is 23.9 Å². The molecule has 3 rings (SSSR count). The molecular formula is C16H18F3N5O. The highest BCUT2D eigenvalue weighted by Gasteiger charge is 2.37. The monoisotopic (exact) mass is 353 g/mol. The molecular weight excluding hydrogens is 335 g/mol. The number of halogens is 3. The standard InChI is InChI=1S/C16H18F3N5O/c17-16(18,19)10-3-4-14(22-8-10)23-11-6-13(21-9-11)15(25)24-5-1-2-12(24)7-20/h3-4,8,11-13,21H,1-2,5-6,9H2,(H,22,23)/t11-,12?,13-/m0/s1. The van der Waals surface area contributed by atoms with Gasteiger partial charge >= 0.3 is 6.18 Å². The molecule has 1 aromatic heterocycles. The van der Waals surface area contributed by atoms with E-state index in [1.165, 1.54) is 6.07 Å². The molecule has 134 valence electrons. The van der Waals surface area contributed by atoms with Gasteiger partial charge in [0.25, 0.3) is 0 Å². The van der Waals surface area contributed by atoms with Crippen molar-refractivity contribution in [3.63, 3.8) is 0 Å². The number of aromatic nitrogens is 1. The summed E-state index contributed by atoms with van der Waals surface area (Å²) in [6.45, 7) is 1.10. The zero-order valence-corrected chi connectivity index (χ0v) is 13.4. The molecule has 2 fully saturated rings. The van der Waals surface area contributed by atoms with Crippen LogP contribution in [0.25, 0.3) is 0 Å². The van der Waals surface area contributed by atoms with E-state index in [0.29, 0.717) is 31.7 Å². The van der Waals surface area contributed by atoms with Crippen LogP contribution in [0.3, 0.4) is 0 Å². The number of amides is 1. The van der Waals surface area contributed by atoms with Gasteiger partial charge in [-0.1, -0.05) is 0 Å². The summed E-state index contributed by atoms with van der Waals surface area (Å²) in [4.78, 5) is 17.9. The second kappa shape index (κ2) is 6.88. The van der Waals surface area contributed by atoms with Crippen molar-refractivity contribution in [2.45, 2.75) is 43.6 Å². The highest BCUT2D eigenvalue weighted by atomic mass is 19.4. The number of nitriles is 1.